The second kappa shape index (κ2) is 10.6. The molecule has 0 fully saturated rings. The molecule has 0 saturated heterocycles. The summed E-state index contributed by atoms with van der Waals surface area (Å²) in [5.41, 5.74) is 3.82. The number of methoxy groups -OCH3 is 3. The van der Waals surface area contributed by atoms with E-state index in [0.717, 1.165) is 5.56 Å². The van der Waals surface area contributed by atoms with Gasteiger partial charge in [0.15, 0.2) is 11.5 Å². The number of rotatable bonds is 9. The minimum absolute atomic E-state index is 0.168. The zero-order valence-corrected chi connectivity index (χ0v) is 16.0. The second-order valence-corrected chi connectivity index (χ2v) is 5.68. The fourth-order valence-electron chi connectivity index (χ4n) is 2.40. The minimum Gasteiger partial charge on any atom is -0.497 e. The van der Waals surface area contributed by atoms with Crippen molar-refractivity contribution in [2.45, 2.75) is 6.42 Å². The lowest BCUT2D eigenvalue weighted by molar-refractivity contribution is -0.125. The number of carbonyl (C=O) groups is 2. The number of ether oxygens (including phenoxy) is 3. The third kappa shape index (κ3) is 6.01. The van der Waals surface area contributed by atoms with Crippen molar-refractivity contribution in [3.8, 4) is 17.2 Å². The van der Waals surface area contributed by atoms with E-state index in [1.807, 2.05) is 0 Å². The Morgan fingerprint density at radius 2 is 1.71 bits per heavy atom. The molecule has 8 heteroatoms. The number of nitrogens with zero attached hydrogens (tertiary/aromatic N) is 1. The van der Waals surface area contributed by atoms with E-state index >= 15 is 0 Å². The fourth-order valence-corrected chi connectivity index (χ4v) is 2.40. The van der Waals surface area contributed by atoms with Crippen molar-refractivity contribution < 1.29 is 23.8 Å². The van der Waals surface area contributed by atoms with Crippen molar-refractivity contribution in [3.63, 3.8) is 0 Å². The monoisotopic (exact) mass is 385 g/mol. The maximum Gasteiger partial charge on any atom is 0.259 e. The van der Waals surface area contributed by atoms with Gasteiger partial charge >= 0.3 is 0 Å². The highest BCUT2D eigenvalue weighted by Gasteiger charge is 2.08. The fraction of sp³-hybridized carbons (Fsp3) is 0.250. The number of hydrazone groups is 1. The first-order valence-electron chi connectivity index (χ1n) is 8.50. The van der Waals surface area contributed by atoms with Gasteiger partial charge in [-0.3, -0.25) is 9.59 Å². The van der Waals surface area contributed by atoms with E-state index in [9.17, 15) is 9.59 Å². The molecule has 0 atom stereocenters. The van der Waals surface area contributed by atoms with Gasteiger partial charge in [0.1, 0.15) is 5.75 Å². The van der Waals surface area contributed by atoms with Crippen LogP contribution in [-0.2, 0) is 16.0 Å². The molecule has 8 nitrogen and oxygen atoms in total. The molecule has 0 aliphatic rings. The van der Waals surface area contributed by atoms with Crippen LogP contribution in [0.25, 0.3) is 0 Å². The third-order valence-corrected chi connectivity index (χ3v) is 3.80. The van der Waals surface area contributed by atoms with Gasteiger partial charge in [-0.25, -0.2) is 5.43 Å². The molecule has 0 aromatic heterocycles. The summed E-state index contributed by atoms with van der Waals surface area (Å²) in [6.45, 7) is -0.179. The summed E-state index contributed by atoms with van der Waals surface area (Å²) in [4.78, 5) is 23.8. The normalized spacial score (nSPS) is 10.4. The Labute approximate surface area is 163 Å². The van der Waals surface area contributed by atoms with Gasteiger partial charge in [-0.1, -0.05) is 18.2 Å². The first-order chi connectivity index (χ1) is 13.6. The van der Waals surface area contributed by atoms with Gasteiger partial charge in [-0.2, -0.15) is 5.10 Å². The molecule has 0 unspecified atom stereocenters. The molecule has 2 N–H and O–H groups in total. The number of nitrogens with one attached hydrogen (secondary N) is 2. The molecule has 2 aromatic carbocycles. The summed E-state index contributed by atoms with van der Waals surface area (Å²) in [7, 11) is 4.63. The van der Waals surface area contributed by atoms with Crippen LogP contribution in [-0.4, -0.2) is 45.9 Å². The van der Waals surface area contributed by atoms with Crippen LogP contribution in [0, 0.1) is 0 Å². The second-order valence-electron chi connectivity index (χ2n) is 5.68. The van der Waals surface area contributed by atoms with Crippen LogP contribution in [0.2, 0.25) is 0 Å². The highest BCUT2D eigenvalue weighted by Crippen LogP contribution is 2.29. The van der Waals surface area contributed by atoms with Gasteiger partial charge in [-0.15, -0.1) is 0 Å². The minimum atomic E-state index is -0.443. The van der Waals surface area contributed by atoms with Crippen LogP contribution in [0.1, 0.15) is 11.1 Å². The molecule has 0 heterocycles. The number of hydrogen-bond donors (Lipinski definition) is 2. The molecule has 0 aliphatic carbocycles. The lowest BCUT2D eigenvalue weighted by atomic mass is 10.1. The maximum atomic E-state index is 11.9. The average molecular weight is 385 g/mol. The molecule has 0 bridgehead atoms. The number of amides is 2. The molecule has 2 aromatic rings. The lowest BCUT2D eigenvalue weighted by Crippen LogP contribution is -2.35. The van der Waals surface area contributed by atoms with Crippen LogP contribution >= 0.6 is 0 Å². The molecular formula is C20H23N3O5. The summed E-state index contributed by atoms with van der Waals surface area (Å²) in [6.07, 6.45) is 1.61. The topological polar surface area (TPSA) is 98.2 Å². The van der Waals surface area contributed by atoms with Crippen LogP contribution < -0.4 is 25.0 Å². The van der Waals surface area contributed by atoms with E-state index in [4.69, 9.17) is 14.2 Å². The Morgan fingerprint density at radius 1 is 0.964 bits per heavy atom. The van der Waals surface area contributed by atoms with Gasteiger partial charge in [0.2, 0.25) is 5.91 Å². The molecule has 2 amide bonds. The third-order valence-electron chi connectivity index (χ3n) is 3.80. The van der Waals surface area contributed by atoms with Gasteiger partial charge in [0.05, 0.1) is 40.5 Å². The van der Waals surface area contributed by atoms with Crippen molar-refractivity contribution in [2.24, 2.45) is 5.10 Å². The van der Waals surface area contributed by atoms with Crippen LogP contribution in [0.4, 0.5) is 0 Å². The molecule has 0 aliphatic heterocycles. The molecule has 148 valence electrons. The molecule has 0 radical (unpaired) electrons. The SMILES string of the molecule is COc1ccc(CC(=O)NCC(=O)N/N=C/c2cccc(OC)c2OC)cc1. The number of benzene rings is 2. The van der Waals surface area contributed by atoms with Crippen molar-refractivity contribution in [1.82, 2.24) is 10.7 Å². The van der Waals surface area contributed by atoms with Crippen molar-refractivity contribution in [3.05, 3.63) is 53.6 Å². The van der Waals surface area contributed by atoms with Gasteiger partial charge in [0, 0.05) is 5.56 Å². The maximum absolute atomic E-state index is 11.9. The molecule has 2 rings (SSSR count). The molecule has 0 saturated carbocycles. The molecular weight excluding hydrogens is 362 g/mol. The summed E-state index contributed by atoms with van der Waals surface area (Å²) in [5, 5.41) is 6.43. The van der Waals surface area contributed by atoms with Crippen LogP contribution in [0.5, 0.6) is 17.2 Å². The predicted molar refractivity (Wildman–Crippen MR) is 105 cm³/mol. The Kier molecular flexibility index (Phi) is 7.83. The smallest absolute Gasteiger partial charge is 0.259 e. The van der Waals surface area contributed by atoms with Gasteiger partial charge < -0.3 is 19.5 Å². The van der Waals surface area contributed by atoms with E-state index < -0.39 is 5.91 Å². The van der Waals surface area contributed by atoms with E-state index in [2.05, 4.69) is 15.8 Å². The van der Waals surface area contributed by atoms with Crippen LogP contribution in [0.15, 0.2) is 47.6 Å². The Hall–Kier alpha value is -3.55. The quantitative estimate of drug-likeness (QED) is 0.504. The van der Waals surface area contributed by atoms with Gasteiger partial charge in [0.25, 0.3) is 5.91 Å². The highest BCUT2D eigenvalue weighted by atomic mass is 16.5. The van der Waals surface area contributed by atoms with E-state index in [1.54, 1.807) is 49.6 Å². The summed E-state index contributed by atoms with van der Waals surface area (Å²) in [5.74, 6) is 1.08. The highest BCUT2D eigenvalue weighted by molar-refractivity contribution is 5.88. The number of hydrogen-bond acceptors (Lipinski definition) is 6. The standard InChI is InChI=1S/C20H23N3O5/c1-26-16-9-7-14(8-10-16)11-18(24)21-13-19(25)23-22-12-15-5-4-6-17(27-2)20(15)28-3/h4-10,12H,11,13H2,1-3H3,(H,21,24)(H,23,25)/b22-12+. The molecule has 28 heavy (non-hydrogen) atoms. The Morgan fingerprint density at radius 3 is 2.36 bits per heavy atom. The van der Waals surface area contributed by atoms with Crippen LogP contribution in [0.3, 0.4) is 0 Å². The zero-order chi connectivity index (χ0) is 20.4. The predicted octanol–water partition coefficient (Wildman–Crippen LogP) is 1.52. The summed E-state index contributed by atoms with van der Waals surface area (Å²) in [6, 6.07) is 12.5. The van der Waals surface area contributed by atoms with E-state index in [0.29, 0.717) is 22.8 Å². The summed E-state index contributed by atoms with van der Waals surface area (Å²) >= 11 is 0. The largest absolute Gasteiger partial charge is 0.497 e. The first kappa shape index (κ1) is 20.8. The summed E-state index contributed by atoms with van der Waals surface area (Å²) < 4.78 is 15.6. The Bertz CT molecular complexity index is 834. The van der Waals surface area contributed by atoms with E-state index in [-0.39, 0.29) is 18.9 Å². The zero-order valence-electron chi connectivity index (χ0n) is 16.0. The Balaban J connectivity index is 1.80. The first-order valence-corrected chi connectivity index (χ1v) is 8.50. The average Bonchev–Trinajstić information content (AvgIpc) is 2.72. The number of carbonyl (C=O) groups excluding carboxylic acids is 2. The van der Waals surface area contributed by atoms with Gasteiger partial charge in [-0.05, 0) is 29.8 Å². The van der Waals surface area contributed by atoms with E-state index in [1.165, 1.54) is 20.4 Å². The number of para-hydroxylation sites is 1. The molecule has 0 spiro atoms. The lowest BCUT2D eigenvalue weighted by Gasteiger charge is -2.09. The van der Waals surface area contributed by atoms with Crippen molar-refractivity contribution >= 4 is 18.0 Å². The van der Waals surface area contributed by atoms with Crippen molar-refractivity contribution in [2.75, 3.05) is 27.9 Å². The van der Waals surface area contributed by atoms with Crippen molar-refractivity contribution in [1.29, 1.82) is 0 Å².